The lowest BCUT2D eigenvalue weighted by atomic mass is 9.81. The molecule has 1 aromatic rings. The van der Waals surface area contributed by atoms with E-state index in [1.54, 1.807) is 18.2 Å². The molecule has 0 radical (unpaired) electrons. The van der Waals surface area contributed by atoms with Crippen molar-refractivity contribution >= 4 is 17.8 Å². The number of nitrogens with zero attached hydrogens (tertiary/aromatic N) is 3. The molecule has 8 heteroatoms. The number of amides is 4. The van der Waals surface area contributed by atoms with E-state index in [1.165, 1.54) is 6.42 Å². The molecule has 1 atom stereocenters. The Bertz CT molecular complexity index is 766. The molecular weight excluding hydrogens is 384 g/mol. The molecule has 4 amide bonds. The summed E-state index contributed by atoms with van der Waals surface area (Å²) in [6, 6.07) is 3.38. The van der Waals surface area contributed by atoms with Crippen molar-refractivity contribution in [1.82, 2.24) is 20.0 Å². The molecule has 2 aliphatic heterocycles. The van der Waals surface area contributed by atoms with Gasteiger partial charge in [-0.3, -0.25) is 19.4 Å². The van der Waals surface area contributed by atoms with Crippen molar-refractivity contribution in [2.24, 2.45) is 0 Å². The predicted molar refractivity (Wildman–Crippen MR) is 111 cm³/mol. The number of nitrogens with one attached hydrogen (secondary N) is 1. The van der Waals surface area contributed by atoms with Gasteiger partial charge in [-0.2, -0.15) is 0 Å². The Hall–Kier alpha value is -2.35. The summed E-state index contributed by atoms with van der Waals surface area (Å²) in [5.74, 6) is 0.293. The van der Waals surface area contributed by atoms with Crippen molar-refractivity contribution in [2.75, 3.05) is 33.2 Å². The average Bonchev–Trinajstić information content (AvgIpc) is 3.36. The molecule has 0 aromatic carbocycles. The number of hydrogen-bond donors (Lipinski definition) is 1. The zero-order chi connectivity index (χ0) is 21.1. The molecule has 1 saturated carbocycles. The number of carbonyl (C=O) groups excluding carboxylic acids is 3. The summed E-state index contributed by atoms with van der Waals surface area (Å²) in [7, 11) is 1.69. The van der Waals surface area contributed by atoms with Crippen LogP contribution in [0.25, 0.3) is 0 Å². The van der Waals surface area contributed by atoms with Crippen LogP contribution in [0, 0.1) is 0 Å². The molecule has 8 nitrogen and oxygen atoms in total. The average molecular weight is 417 g/mol. The highest BCUT2D eigenvalue weighted by Gasteiger charge is 2.55. The van der Waals surface area contributed by atoms with Crippen LogP contribution in [0.4, 0.5) is 4.79 Å². The van der Waals surface area contributed by atoms with Gasteiger partial charge in [0.1, 0.15) is 17.8 Å². The second-order valence-corrected chi connectivity index (χ2v) is 8.76. The fourth-order valence-corrected chi connectivity index (χ4v) is 5.20. The number of carbonyl (C=O) groups is 3. The lowest BCUT2D eigenvalue weighted by Gasteiger charge is -2.35. The Morgan fingerprint density at radius 1 is 1.13 bits per heavy atom. The van der Waals surface area contributed by atoms with Gasteiger partial charge in [0.2, 0.25) is 5.91 Å². The Morgan fingerprint density at radius 3 is 2.50 bits per heavy atom. The number of hydrogen-bond acceptors (Lipinski definition) is 5. The topological polar surface area (TPSA) is 86.1 Å². The summed E-state index contributed by atoms with van der Waals surface area (Å²) in [6.45, 7) is 2.10. The number of furan rings is 1. The smallest absolute Gasteiger partial charge is 0.327 e. The first-order valence-corrected chi connectivity index (χ1v) is 11.2. The van der Waals surface area contributed by atoms with Crippen molar-refractivity contribution in [3.8, 4) is 0 Å². The Balaban J connectivity index is 1.39. The number of likely N-dealkylation sites (N-methyl/N-ethyl adjacent to an activating group) is 1. The normalized spacial score (nSPS) is 23.2. The van der Waals surface area contributed by atoms with E-state index in [0.717, 1.165) is 55.9 Å². The van der Waals surface area contributed by atoms with E-state index in [1.807, 2.05) is 12.1 Å². The van der Waals surface area contributed by atoms with Crippen LogP contribution in [0.15, 0.2) is 22.8 Å². The zero-order valence-corrected chi connectivity index (χ0v) is 17.8. The van der Waals surface area contributed by atoms with Crippen LogP contribution in [0.3, 0.4) is 0 Å². The lowest BCUT2D eigenvalue weighted by molar-refractivity contribution is -0.137. The van der Waals surface area contributed by atoms with E-state index in [4.69, 9.17) is 4.42 Å². The van der Waals surface area contributed by atoms with Crippen molar-refractivity contribution in [1.29, 1.82) is 0 Å². The second-order valence-electron chi connectivity index (χ2n) is 8.76. The number of piperidine rings is 1. The molecule has 1 aliphatic carbocycles. The third kappa shape index (κ3) is 3.85. The number of rotatable bonds is 6. The van der Waals surface area contributed by atoms with Gasteiger partial charge in [0.25, 0.3) is 5.91 Å². The molecule has 2 saturated heterocycles. The first kappa shape index (κ1) is 20.9. The minimum atomic E-state index is -0.750. The van der Waals surface area contributed by atoms with Gasteiger partial charge in [-0.15, -0.1) is 0 Å². The quantitative estimate of drug-likeness (QED) is 0.720. The highest BCUT2D eigenvalue weighted by atomic mass is 16.3. The number of imide groups is 1. The summed E-state index contributed by atoms with van der Waals surface area (Å²) in [4.78, 5) is 43.5. The Morgan fingerprint density at radius 2 is 1.83 bits per heavy atom. The zero-order valence-electron chi connectivity index (χ0n) is 17.8. The molecule has 3 aliphatic rings. The van der Waals surface area contributed by atoms with Gasteiger partial charge in [-0.1, -0.05) is 25.7 Å². The van der Waals surface area contributed by atoms with Gasteiger partial charge in [-0.05, 0) is 50.9 Å². The summed E-state index contributed by atoms with van der Waals surface area (Å²) in [5.41, 5.74) is -0.750. The molecule has 4 rings (SSSR count). The van der Waals surface area contributed by atoms with E-state index in [-0.39, 0.29) is 30.4 Å². The van der Waals surface area contributed by atoms with Crippen LogP contribution in [-0.4, -0.2) is 71.3 Å². The largest absolute Gasteiger partial charge is 0.468 e. The summed E-state index contributed by atoms with van der Waals surface area (Å²) < 4.78 is 5.62. The van der Waals surface area contributed by atoms with Crippen molar-refractivity contribution in [3.63, 3.8) is 0 Å². The molecule has 1 unspecified atom stereocenters. The summed E-state index contributed by atoms with van der Waals surface area (Å²) in [6.07, 6.45) is 9.46. The first-order chi connectivity index (χ1) is 14.5. The molecule has 0 bridgehead atoms. The van der Waals surface area contributed by atoms with Crippen LogP contribution in [0.5, 0.6) is 0 Å². The van der Waals surface area contributed by atoms with Gasteiger partial charge in [0.05, 0.1) is 12.3 Å². The molecule has 30 heavy (non-hydrogen) atoms. The fraction of sp³-hybridized carbons (Fsp3) is 0.682. The van der Waals surface area contributed by atoms with E-state index in [0.29, 0.717) is 19.4 Å². The van der Waals surface area contributed by atoms with Crippen molar-refractivity contribution in [2.45, 2.75) is 62.9 Å². The highest BCUT2D eigenvalue weighted by molar-refractivity contribution is 6.08. The molecule has 1 aromatic heterocycles. The Kier molecular flexibility index (Phi) is 6.13. The predicted octanol–water partition coefficient (Wildman–Crippen LogP) is 2.52. The van der Waals surface area contributed by atoms with Crippen LogP contribution in [0.2, 0.25) is 0 Å². The highest BCUT2D eigenvalue weighted by Crippen LogP contribution is 2.39. The molecule has 3 heterocycles. The fourth-order valence-electron chi connectivity index (χ4n) is 5.20. The van der Waals surface area contributed by atoms with Gasteiger partial charge in [-0.25, -0.2) is 4.79 Å². The van der Waals surface area contributed by atoms with E-state index in [9.17, 15) is 14.4 Å². The third-order valence-electron chi connectivity index (χ3n) is 6.98. The van der Waals surface area contributed by atoms with Gasteiger partial charge in [0.15, 0.2) is 0 Å². The van der Waals surface area contributed by atoms with Crippen LogP contribution in [-0.2, 0) is 9.59 Å². The van der Waals surface area contributed by atoms with Crippen molar-refractivity contribution < 1.29 is 18.8 Å². The van der Waals surface area contributed by atoms with E-state index < -0.39 is 5.54 Å². The minimum Gasteiger partial charge on any atom is -0.468 e. The first-order valence-electron chi connectivity index (χ1n) is 11.2. The van der Waals surface area contributed by atoms with Crippen LogP contribution in [0.1, 0.15) is 63.2 Å². The van der Waals surface area contributed by atoms with Gasteiger partial charge < -0.3 is 14.6 Å². The summed E-state index contributed by atoms with van der Waals surface area (Å²) >= 11 is 0. The maximum Gasteiger partial charge on any atom is 0.327 e. The van der Waals surface area contributed by atoms with E-state index in [2.05, 4.69) is 10.2 Å². The van der Waals surface area contributed by atoms with Crippen LogP contribution < -0.4 is 5.32 Å². The molecule has 164 valence electrons. The molecule has 1 spiro atoms. The SMILES string of the molecule is CN1C(=O)N(CC(=O)NCC(c2ccco2)N2CCCCC2)C(=O)C12CCCCC2. The maximum absolute atomic E-state index is 13.1. The monoisotopic (exact) mass is 416 g/mol. The van der Waals surface area contributed by atoms with Gasteiger partial charge in [0, 0.05) is 13.6 Å². The van der Waals surface area contributed by atoms with Gasteiger partial charge >= 0.3 is 6.03 Å². The van der Waals surface area contributed by atoms with Crippen molar-refractivity contribution in [3.05, 3.63) is 24.2 Å². The molecule has 1 N–H and O–H groups in total. The summed E-state index contributed by atoms with van der Waals surface area (Å²) in [5, 5.41) is 2.94. The number of likely N-dealkylation sites (tertiary alicyclic amines) is 1. The van der Waals surface area contributed by atoms with Crippen LogP contribution >= 0.6 is 0 Å². The standard InChI is InChI=1S/C22H32N4O4/c1-24-21(29)26(20(28)22(24)10-4-2-5-11-22)16-19(27)23-15-17(18-9-8-14-30-18)25-12-6-3-7-13-25/h8-9,14,17H,2-7,10-13,15-16H2,1H3,(H,23,27). The third-order valence-corrected chi connectivity index (χ3v) is 6.98. The lowest BCUT2D eigenvalue weighted by Crippen LogP contribution is -2.49. The molecular formula is C22H32N4O4. The van der Waals surface area contributed by atoms with E-state index >= 15 is 0 Å². The maximum atomic E-state index is 13.1. The number of urea groups is 1. The second kappa shape index (κ2) is 8.79. The molecule has 3 fully saturated rings. The minimum absolute atomic E-state index is 0.0402. The Labute approximate surface area is 177 Å².